The molecule has 62 valence electrons. The van der Waals surface area contributed by atoms with Crippen molar-refractivity contribution in [2.75, 3.05) is 0 Å². The molecule has 1 heterocycles. The molecule has 0 spiro atoms. The molecule has 0 aliphatic rings. The summed E-state index contributed by atoms with van der Waals surface area (Å²) in [4.78, 5) is 4.22. The third kappa shape index (κ3) is 2.01. The molecule has 0 aromatic carbocycles. The molecule has 0 bridgehead atoms. The van der Waals surface area contributed by atoms with Gasteiger partial charge in [-0.2, -0.15) is 5.10 Å². The second-order valence-corrected chi connectivity index (χ2v) is 2.88. The highest BCUT2D eigenvalue weighted by atomic mass is 15.3. The van der Waals surface area contributed by atoms with E-state index in [1.165, 1.54) is 0 Å². The molecule has 0 aliphatic carbocycles. The van der Waals surface area contributed by atoms with Crippen LogP contribution in [0.2, 0.25) is 0 Å². The maximum Gasteiger partial charge on any atom is 0.147 e. The SMILES string of the molecule is Cc1nc(CC(C)N)n(C)n1. The van der Waals surface area contributed by atoms with Gasteiger partial charge in [-0.3, -0.25) is 4.68 Å². The smallest absolute Gasteiger partial charge is 0.147 e. The molecule has 4 nitrogen and oxygen atoms in total. The highest BCUT2D eigenvalue weighted by molar-refractivity contribution is 4.92. The third-order valence-corrected chi connectivity index (χ3v) is 1.46. The lowest BCUT2D eigenvalue weighted by molar-refractivity contribution is 0.638. The Bertz CT molecular complexity index is 239. The summed E-state index contributed by atoms with van der Waals surface area (Å²) >= 11 is 0. The summed E-state index contributed by atoms with van der Waals surface area (Å²) in [6.45, 7) is 3.84. The van der Waals surface area contributed by atoms with Crippen LogP contribution in [0, 0.1) is 6.92 Å². The number of aromatic nitrogens is 3. The molecule has 4 heteroatoms. The van der Waals surface area contributed by atoms with Crippen LogP contribution in [0.25, 0.3) is 0 Å². The van der Waals surface area contributed by atoms with Gasteiger partial charge in [0.15, 0.2) is 0 Å². The van der Waals surface area contributed by atoms with Gasteiger partial charge < -0.3 is 5.73 Å². The normalized spacial score (nSPS) is 13.5. The van der Waals surface area contributed by atoms with Crippen molar-refractivity contribution < 1.29 is 0 Å². The molecule has 0 radical (unpaired) electrons. The number of rotatable bonds is 2. The zero-order valence-electron chi connectivity index (χ0n) is 7.20. The van der Waals surface area contributed by atoms with Crippen LogP contribution in [0.3, 0.4) is 0 Å². The predicted octanol–water partition coefficient (Wildman–Crippen LogP) is 0.0132. The zero-order chi connectivity index (χ0) is 8.43. The monoisotopic (exact) mass is 154 g/mol. The molecule has 1 aromatic rings. The molecule has 1 atom stereocenters. The first-order valence-corrected chi connectivity index (χ1v) is 3.71. The Balaban J connectivity index is 2.77. The summed E-state index contributed by atoms with van der Waals surface area (Å²) in [6, 6.07) is 0.150. The minimum atomic E-state index is 0.150. The van der Waals surface area contributed by atoms with E-state index in [1.54, 1.807) is 4.68 Å². The standard InChI is InChI=1S/C7H14N4/c1-5(8)4-7-9-6(2)10-11(7)3/h5H,4,8H2,1-3H3. The Morgan fingerprint density at radius 3 is 2.64 bits per heavy atom. The number of nitrogens with zero attached hydrogens (tertiary/aromatic N) is 3. The van der Waals surface area contributed by atoms with Crippen LogP contribution in [0.5, 0.6) is 0 Å². The minimum Gasteiger partial charge on any atom is -0.328 e. The predicted molar refractivity (Wildman–Crippen MR) is 43.1 cm³/mol. The lowest BCUT2D eigenvalue weighted by atomic mass is 10.2. The van der Waals surface area contributed by atoms with Gasteiger partial charge in [-0.1, -0.05) is 0 Å². The Hall–Kier alpha value is -0.900. The highest BCUT2D eigenvalue weighted by Gasteiger charge is 2.05. The van der Waals surface area contributed by atoms with Gasteiger partial charge in [0.2, 0.25) is 0 Å². The second-order valence-electron chi connectivity index (χ2n) is 2.88. The number of aryl methyl sites for hydroxylation is 2. The molecular weight excluding hydrogens is 140 g/mol. The van der Waals surface area contributed by atoms with Gasteiger partial charge in [-0.25, -0.2) is 4.98 Å². The van der Waals surface area contributed by atoms with Crippen LogP contribution in [0.4, 0.5) is 0 Å². The zero-order valence-corrected chi connectivity index (χ0v) is 7.20. The summed E-state index contributed by atoms with van der Waals surface area (Å²) in [6.07, 6.45) is 0.789. The number of nitrogens with two attached hydrogens (primary N) is 1. The summed E-state index contributed by atoms with van der Waals surface area (Å²) in [5.74, 6) is 1.76. The molecular formula is C7H14N4. The maximum atomic E-state index is 5.62. The van der Waals surface area contributed by atoms with E-state index in [9.17, 15) is 0 Å². The van der Waals surface area contributed by atoms with Crippen molar-refractivity contribution in [2.45, 2.75) is 26.3 Å². The topological polar surface area (TPSA) is 56.7 Å². The first-order valence-electron chi connectivity index (χ1n) is 3.71. The van der Waals surface area contributed by atoms with E-state index in [1.807, 2.05) is 20.9 Å². The van der Waals surface area contributed by atoms with E-state index in [-0.39, 0.29) is 6.04 Å². The van der Waals surface area contributed by atoms with E-state index in [0.717, 1.165) is 18.1 Å². The first kappa shape index (κ1) is 8.20. The fourth-order valence-electron chi connectivity index (χ4n) is 1.02. The largest absolute Gasteiger partial charge is 0.328 e. The van der Waals surface area contributed by atoms with Crippen molar-refractivity contribution >= 4 is 0 Å². The third-order valence-electron chi connectivity index (χ3n) is 1.46. The Morgan fingerprint density at radius 1 is 1.64 bits per heavy atom. The van der Waals surface area contributed by atoms with Crippen molar-refractivity contribution in [1.82, 2.24) is 14.8 Å². The molecule has 1 unspecified atom stereocenters. The molecule has 1 rings (SSSR count). The van der Waals surface area contributed by atoms with E-state index in [4.69, 9.17) is 5.73 Å². The van der Waals surface area contributed by atoms with Crippen LogP contribution >= 0.6 is 0 Å². The van der Waals surface area contributed by atoms with E-state index in [2.05, 4.69) is 10.1 Å². The minimum absolute atomic E-state index is 0.150. The van der Waals surface area contributed by atoms with Gasteiger partial charge in [0.25, 0.3) is 0 Å². The second kappa shape index (κ2) is 3.00. The average molecular weight is 154 g/mol. The Kier molecular flexibility index (Phi) is 2.24. The molecule has 0 fully saturated rings. The Morgan fingerprint density at radius 2 is 2.27 bits per heavy atom. The van der Waals surface area contributed by atoms with Crippen molar-refractivity contribution in [3.05, 3.63) is 11.6 Å². The van der Waals surface area contributed by atoms with Crippen LogP contribution < -0.4 is 5.73 Å². The average Bonchev–Trinajstić information content (AvgIpc) is 2.09. The van der Waals surface area contributed by atoms with Crippen molar-refractivity contribution in [3.8, 4) is 0 Å². The number of hydrogen-bond donors (Lipinski definition) is 1. The highest BCUT2D eigenvalue weighted by Crippen LogP contribution is 1.97. The van der Waals surface area contributed by atoms with Gasteiger partial charge in [0.05, 0.1) is 0 Å². The molecule has 0 saturated heterocycles. The molecule has 0 saturated carbocycles. The molecule has 2 N–H and O–H groups in total. The van der Waals surface area contributed by atoms with Gasteiger partial charge in [0, 0.05) is 19.5 Å². The fourth-order valence-corrected chi connectivity index (χ4v) is 1.02. The van der Waals surface area contributed by atoms with Gasteiger partial charge in [-0.05, 0) is 13.8 Å². The number of hydrogen-bond acceptors (Lipinski definition) is 3. The fraction of sp³-hybridized carbons (Fsp3) is 0.714. The van der Waals surface area contributed by atoms with Gasteiger partial charge >= 0.3 is 0 Å². The van der Waals surface area contributed by atoms with Crippen molar-refractivity contribution in [3.63, 3.8) is 0 Å². The molecule has 11 heavy (non-hydrogen) atoms. The Labute approximate surface area is 66.4 Å². The van der Waals surface area contributed by atoms with Crippen LogP contribution in [-0.4, -0.2) is 20.8 Å². The van der Waals surface area contributed by atoms with Crippen molar-refractivity contribution in [1.29, 1.82) is 0 Å². The van der Waals surface area contributed by atoms with Gasteiger partial charge in [-0.15, -0.1) is 0 Å². The molecule has 0 aliphatic heterocycles. The first-order chi connectivity index (χ1) is 5.09. The summed E-state index contributed by atoms with van der Waals surface area (Å²) < 4.78 is 1.78. The summed E-state index contributed by atoms with van der Waals surface area (Å²) in [5, 5.41) is 4.11. The van der Waals surface area contributed by atoms with Gasteiger partial charge in [0.1, 0.15) is 11.6 Å². The lowest BCUT2D eigenvalue weighted by Gasteiger charge is -2.02. The van der Waals surface area contributed by atoms with E-state index in [0.29, 0.717) is 0 Å². The maximum absolute atomic E-state index is 5.62. The quantitative estimate of drug-likeness (QED) is 0.653. The van der Waals surface area contributed by atoms with Crippen molar-refractivity contribution in [2.24, 2.45) is 12.8 Å². The van der Waals surface area contributed by atoms with Crippen LogP contribution in [0.1, 0.15) is 18.6 Å². The molecule has 1 aromatic heterocycles. The lowest BCUT2D eigenvalue weighted by Crippen LogP contribution is -2.20. The van der Waals surface area contributed by atoms with E-state index >= 15 is 0 Å². The van der Waals surface area contributed by atoms with E-state index < -0.39 is 0 Å². The molecule has 0 amide bonds. The summed E-state index contributed by atoms with van der Waals surface area (Å²) in [7, 11) is 1.89. The summed E-state index contributed by atoms with van der Waals surface area (Å²) in [5.41, 5.74) is 5.62. The van der Waals surface area contributed by atoms with Crippen LogP contribution in [0.15, 0.2) is 0 Å². The van der Waals surface area contributed by atoms with Crippen LogP contribution in [-0.2, 0) is 13.5 Å².